The minimum atomic E-state index is -0.200. The van der Waals surface area contributed by atoms with Crippen LogP contribution in [-0.4, -0.2) is 49.3 Å². The zero-order valence-electron chi connectivity index (χ0n) is 12.7. The number of hydrogen-bond donors (Lipinski definition) is 1. The van der Waals surface area contributed by atoms with Crippen LogP contribution in [0.4, 0.5) is 0 Å². The van der Waals surface area contributed by atoms with Crippen molar-refractivity contribution in [1.82, 2.24) is 4.90 Å². The SMILES string of the molecule is CCCOc1c(Cl)cc(C(=O)N(CC)CCO)cc1OC. The monoisotopic (exact) mass is 315 g/mol. The molecule has 0 unspecified atom stereocenters. The van der Waals surface area contributed by atoms with Gasteiger partial charge in [-0.2, -0.15) is 0 Å². The molecule has 0 aliphatic carbocycles. The molecule has 1 N–H and O–H groups in total. The second kappa shape index (κ2) is 8.74. The fourth-order valence-corrected chi connectivity index (χ4v) is 2.16. The molecule has 0 aliphatic rings. The molecule has 0 spiro atoms. The first-order valence-electron chi connectivity index (χ1n) is 6.99. The van der Waals surface area contributed by atoms with E-state index < -0.39 is 0 Å². The van der Waals surface area contributed by atoms with Crippen LogP contribution in [0.5, 0.6) is 11.5 Å². The van der Waals surface area contributed by atoms with E-state index in [0.29, 0.717) is 35.2 Å². The Labute approximate surface area is 130 Å². The smallest absolute Gasteiger partial charge is 0.254 e. The maximum Gasteiger partial charge on any atom is 0.254 e. The number of halogens is 1. The number of aliphatic hydroxyl groups is 1. The van der Waals surface area contributed by atoms with Gasteiger partial charge in [-0.05, 0) is 25.5 Å². The van der Waals surface area contributed by atoms with E-state index in [0.717, 1.165) is 6.42 Å². The van der Waals surface area contributed by atoms with Gasteiger partial charge in [-0.25, -0.2) is 0 Å². The van der Waals surface area contributed by atoms with E-state index in [1.54, 1.807) is 12.1 Å². The minimum Gasteiger partial charge on any atom is -0.493 e. The quantitative estimate of drug-likeness (QED) is 0.801. The van der Waals surface area contributed by atoms with E-state index in [9.17, 15) is 4.79 Å². The largest absolute Gasteiger partial charge is 0.493 e. The molecule has 0 atom stereocenters. The zero-order valence-corrected chi connectivity index (χ0v) is 13.4. The Hall–Kier alpha value is -1.46. The van der Waals surface area contributed by atoms with Gasteiger partial charge in [-0.1, -0.05) is 18.5 Å². The van der Waals surface area contributed by atoms with Crippen molar-refractivity contribution < 1.29 is 19.4 Å². The van der Waals surface area contributed by atoms with Crippen LogP contribution in [0.3, 0.4) is 0 Å². The van der Waals surface area contributed by atoms with E-state index in [-0.39, 0.29) is 19.1 Å². The van der Waals surface area contributed by atoms with Crippen molar-refractivity contribution >= 4 is 17.5 Å². The number of carbonyl (C=O) groups is 1. The summed E-state index contributed by atoms with van der Waals surface area (Å²) < 4.78 is 10.8. The third kappa shape index (κ3) is 4.51. The van der Waals surface area contributed by atoms with Gasteiger partial charge >= 0.3 is 0 Å². The molecule has 0 aromatic heterocycles. The summed E-state index contributed by atoms with van der Waals surface area (Å²) in [6, 6.07) is 3.18. The first-order valence-corrected chi connectivity index (χ1v) is 7.37. The molecule has 1 aromatic rings. The number of carbonyl (C=O) groups excluding carboxylic acids is 1. The highest BCUT2D eigenvalue weighted by Crippen LogP contribution is 2.36. The summed E-state index contributed by atoms with van der Waals surface area (Å²) >= 11 is 6.19. The fraction of sp³-hybridized carbons (Fsp3) is 0.533. The Morgan fingerprint density at radius 2 is 2.10 bits per heavy atom. The highest BCUT2D eigenvalue weighted by molar-refractivity contribution is 6.32. The van der Waals surface area contributed by atoms with E-state index >= 15 is 0 Å². The maximum atomic E-state index is 12.4. The first-order chi connectivity index (χ1) is 10.1. The third-order valence-electron chi connectivity index (χ3n) is 2.97. The lowest BCUT2D eigenvalue weighted by molar-refractivity contribution is 0.0731. The number of amides is 1. The van der Waals surface area contributed by atoms with Crippen molar-refractivity contribution in [2.75, 3.05) is 33.4 Å². The number of ether oxygens (including phenoxy) is 2. The van der Waals surface area contributed by atoms with E-state index in [1.807, 2.05) is 13.8 Å². The van der Waals surface area contributed by atoms with Crippen LogP contribution < -0.4 is 9.47 Å². The predicted molar refractivity (Wildman–Crippen MR) is 82.5 cm³/mol. The summed E-state index contributed by atoms with van der Waals surface area (Å²) in [4.78, 5) is 13.9. The summed E-state index contributed by atoms with van der Waals surface area (Å²) in [5, 5.41) is 9.33. The first kappa shape index (κ1) is 17.6. The second-order valence-electron chi connectivity index (χ2n) is 4.45. The summed E-state index contributed by atoms with van der Waals surface area (Å²) in [6.07, 6.45) is 0.847. The molecule has 1 rings (SSSR count). The Bertz CT molecular complexity index is 479. The van der Waals surface area contributed by atoms with Gasteiger partial charge in [-0.3, -0.25) is 4.79 Å². The zero-order chi connectivity index (χ0) is 15.8. The highest BCUT2D eigenvalue weighted by atomic mass is 35.5. The average molecular weight is 316 g/mol. The van der Waals surface area contributed by atoms with E-state index in [1.165, 1.54) is 12.0 Å². The van der Waals surface area contributed by atoms with Crippen LogP contribution in [0.1, 0.15) is 30.6 Å². The van der Waals surface area contributed by atoms with Gasteiger partial charge in [0, 0.05) is 18.7 Å². The Kier molecular flexibility index (Phi) is 7.32. The molecule has 1 amide bonds. The molecule has 118 valence electrons. The van der Waals surface area contributed by atoms with Gasteiger partial charge in [-0.15, -0.1) is 0 Å². The van der Waals surface area contributed by atoms with Crippen molar-refractivity contribution in [3.05, 3.63) is 22.7 Å². The molecule has 5 nitrogen and oxygen atoms in total. The Morgan fingerprint density at radius 3 is 2.62 bits per heavy atom. The molecule has 0 fully saturated rings. The van der Waals surface area contributed by atoms with Crippen LogP contribution in [0.2, 0.25) is 5.02 Å². The number of benzene rings is 1. The van der Waals surface area contributed by atoms with Crippen molar-refractivity contribution in [2.24, 2.45) is 0 Å². The van der Waals surface area contributed by atoms with Gasteiger partial charge in [0.05, 0.1) is 25.3 Å². The van der Waals surface area contributed by atoms with E-state index in [4.69, 9.17) is 26.2 Å². The number of methoxy groups -OCH3 is 1. The van der Waals surface area contributed by atoms with Gasteiger partial charge < -0.3 is 19.5 Å². The van der Waals surface area contributed by atoms with Crippen molar-refractivity contribution in [3.8, 4) is 11.5 Å². The van der Waals surface area contributed by atoms with Gasteiger partial charge in [0.25, 0.3) is 5.91 Å². The van der Waals surface area contributed by atoms with Crippen LogP contribution in [-0.2, 0) is 0 Å². The lowest BCUT2D eigenvalue weighted by Crippen LogP contribution is -2.33. The average Bonchev–Trinajstić information content (AvgIpc) is 2.50. The van der Waals surface area contributed by atoms with Crippen molar-refractivity contribution in [3.63, 3.8) is 0 Å². The number of nitrogens with zero attached hydrogens (tertiary/aromatic N) is 1. The lowest BCUT2D eigenvalue weighted by atomic mass is 10.1. The molecule has 0 saturated carbocycles. The van der Waals surface area contributed by atoms with Gasteiger partial charge in [0.2, 0.25) is 0 Å². The van der Waals surface area contributed by atoms with Gasteiger partial charge in [0.1, 0.15) is 0 Å². The summed E-state index contributed by atoms with van der Waals surface area (Å²) in [5.74, 6) is 0.677. The van der Waals surface area contributed by atoms with Crippen LogP contribution in [0, 0.1) is 0 Å². The second-order valence-corrected chi connectivity index (χ2v) is 4.85. The topological polar surface area (TPSA) is 59.0 Å². The number of likely N-dealkylation sites (N-methyl/N-ethyl adjacent to an activating group) is 1. The summed E-state index contributed by atoms with van der Waals surface area (Å²) in [6.45, 7) is 5.07. The predicted octanol–water partition coefficient (Wildman–Crippen LogP) is 2.59. The Balaban J connectivity index is 3.09. The summed E-state index contributed by atoms with van der Waals surface area (Å²) in [5.41, 5.74) is 0.413. The van der Waals surface area contributed by atoms with E-state index in [2.05, 4.69) is 0 Å². The Morgan fingerprint density at radius 1 is 1.38 bits per heavy atom. The molecule has 0 saturated heterocycles. The molecule has 0 aliphatic heterocycles. The molecule has 21 heavy (non-hydrogen) atoms. The van der Waals surface area contributed by atoms with Crippen LogP contribution in [0.15, 0.2) is 12.1 Å². The highest BCUT2D eigenvalue weighted by Gasteiger charge is 2.19. The fourth-order valence-electron chi connectivity index (χ4n) is 1.89. The molecule has 1 aromatic carbocycles. The third-order valence-corrected chi connectivity index (χ3v) is 3.25. The molecular formula is C15H22ClNO4. The van der Waals surface area contributed by atoms with Gasteiger partial charge in [0.15, 0.2) is 11.5 Å². The maximum absolute atomic E-state index is 12.4. The number of hydrogen-bond acceptors (Lipinski definition) is 4. The number of aliphatic hydroxyl groups excluding tert-OH is 1. The molecule has 0 heterocycles. The molecule has 0 bridgehead atoms. The molecular weight excluding hydrogens is 294 g/mol. The summed E-state index contributed by atoms with van der Waals surface area (Å²) in [7, 11) is 1.50. The van der Waals surface area contributed by atoms with Crippen molar-refractivity contribution in [1.29, 1.82) is 0 Å². The normalized spacial score (nSPS) is 10.3. The molecule has 6 heteroatoms. The van der Waals surface area contributed by atoms with Crippen LogP contribution >= 0.6 is 11.6 Å². The number of rotatable bonds is 8. The standard InChI is InChI=1S/C15H22ClNO4/c1-4-8-21-14-12(16)9-11(10-13(14)20-3)15(19)17(5-2)6-7-18/h9-10,18H,4-8H2,1-3H3. The molecule has 0 radical (unpaired) electrons. The lowest BCUT2D eigenvalue weighted by Gasteiger charge is -2.21. The van der Waals surface area contributed by atoms with Crippen LogP contribution in [0.25, 0.3) is 0 Å². The minimum absolute atomic E-state index is 0.0812. The van der Waals surface area contributed by atoms with Crippen molar-refractivity contribution in [2.45, 2.75) is 20.3 Å².